The van der Waals surface area contributed by atoms with Crippen LogP contribution in [0.4, 0.5) is 0 Å². The summed E-state index contributed by atoms with van der Waals surface area (Å²) in [5, 5.41) is 0. The Balaban J connectivity index is 2.11. The van der Waals surface area contributed by atoms with Crippen molar-refractivity contribution in [3.63, 3.8) is 0 Å². The minimum absolute atomic E-state index is 0.183. The molecule has 0 saturated heterocycles. The van der Waals surface area contributed by atoms with E-state index in [9.17, 15) is 4.79 Å². The van der Waals surface area contributed by atoms with Crippen molar-refractivity contribution < 1.29 is 23.7 Å². The number of hydrogen-bond acceptors (Lipinski definition) is 5. The lowest BCUT2D eigenvalue weighted by Gasteiger charge is -2.32. The predicted octanol–water partition coefficient (Wildman–Crippen LogP) is 3.95. The normalized spacial score (nSPS) is 24.2. The van der Waals surface area contributed by atoms with Gasteiger partial charge in [-0.05, 0) is 25.7 Å². The van der Waals surface area contributed by atoms with Gasteiger partial charge in [0, 0.05) is 6.42 Å². The summed E-state index contributed by atoms with van der Waals surface area (Å²) in [5.41, 5.74) is 0.442. The van der Waals surface area contributed by atoms with E-state index in [1.165, 1.54) is 32.1 Å². The highest BCUT2D eigenvalue weighted by Gasteiger charge is 2.35. The molecule has 2 rings (SSSR count). The topological polar surface area (TPSA) is 54.0 Å². The molecule has 1 heterocycles. The van der Waals surface area contributed by atoms with Crippen LogP contribution in [0.5, 0.6) is 0 Å². The first kappa shape index (κ1) is 20.7. The summed E-state index contributed by atoms with van der Waals surface area (Å²) >= 11 is 0. The highest BCUT2D eigenvalue weighted by atomic mass is 16.6. The third kappa shape index (κ3) is 5.99. The molecule has 1 fully saturated rings. The molecule has 1 aliphatic carbocycles. The van der Waals surface area contributed by atoms with Crippen molar-refractivity contribution in [3.05, 3.63) is 36.6 Å². The molecule has 5 heteroatoms. The fourth-order valence-electron chi connectivity index (χ4n) is 3.50. The monoisotopic (exact) mass is 364 g/mol. The van der Waals surface area contributed by atoms with Crippen molar-refractivity contribution in [2.24, 2.45) is 5.92 Å². The van der Waals surface area contributed by atoms with Crippen LogP contribution in [0.15, 0.2) is 36.6 Å². The van der Waals surface area contributed by atoms with Gasteiger partial charge in [-0.3, -0.25) is 0 Å². The Morgan fingerprint density at radius 3 is 2.65 bits per heavy atom. The molecule has 0 spiro atoms. The summed E-state index contributed by atoms with van der Waals surface area (Å²) in [4.78, 5) is 12.5. The fourth-order valence-corrected chi connectivity index (χ4v) is 3.50. The molecule has 2 atom stereocenters. The van der Waals surface area contributed by atoms with Crippen molar-refractivity contribution in [2.75, 3.05) is 26.4 Å². The van der Waals surface area contributed by atoms with Crippen LogP contribution in [-0.4, -0.2) is 44.6 Å². The van der Waals surface area contributed by atoms with Crippen LogP contribution in [0.2, 0.25) is 0 Å². The highest BCUT2D eigenvalue weighted by Crippen LogP contribution is 2.31. The Labute approximate surface area is 157 Å². The van der Waals surface area contributed by atoms with Crippen LogP contribution in [-0.2, 0) is 23.7 Å². The van der Waals surface area contributed by atoms with E-state index in [1.54, 1.807) is 19.1 Å². The van der Waals surface area contributed by atoms with Gasteiger partial charge in [-0.2, -0.15) is 0 Å². The lowest BCUT2D eigenvalue weighted by Crippen LogP contribution is -2.36. The van der Waals surface area contributed by atoms with Crippen LogP contribution < -0.4 is 0 Å². The summed E-state index contributed by atoms with van der Waals surface area (Å²) in [6.07, 6.45) is 9.31. The molecule has 0 bridgehead atoms. The Morgan fingerprint density at radius 1 is 1.23 bits per heavy atom. The molecule has 146 valence electrons. The molecule has 1 aliphatic heterocycles. The van der Waals surface area contributed by atoms with Gasteiger partial charge in [-0.25, -0.2) is 4.79 Å². The van der Waals surface area contributed by atoms with Crippen LogP contribution >= 0.6 is 0 Å². The number of ether oxygens (including phenoxy) is 4. The molecule has 0 aromatic carbocycles. The van der Waals surface area contributed by atoms with Gasteiger partial charge in [-0.15, -0.1) is 13.2 Å². The number of esters is 1. The third-order valence-corrected chi connectivity index (χ3v) is 4.80. The minimum Gasteiger partial charge on any atom is -0.497 e. The fraction of sp³-hybridized carbons (Fsp3) is 0.667. The molecule has 0 N–H and O–H groups in total. The smallest absolute Gasteiger partial charge is 0.340 e. The SMILES string of the molecule is C=CCOC[C@@H]1CC(OCC2CCCCC2)=C(C(=O)OCC)[C@@H](C=C)O1. The van der Waals surface area contributed by atoms with E-state index >= 15 is 0 Å². The van der Waals surface area contributed by atoms with E-state index in [-0.39, 0.29) is 12.1 Å². The Bertz CT molecular complexity index is 505. The van der Waals surface area contributed by atoms with E-state index in [0.717, 1.165) is 0 Å². The zero-order chi connectivity index (χ0) is 18.8. The average Bonchev–Trinajstić information content (AvgIpc) is 2.67. The lowest BCUT2D eigenvalue weighted by molar-refractivity contribution is -0.142. The second-order valence-electron chi connectivity index (χ2n) is 6.82. The van der Waals surface area contributed by atoms with Crippen LogP contribution in [0, 0.1) is 5.92 Å². The van der Waals surface area contributed by atoms with Crippen molar-refractivity contribution >= 4 is 5.97 Å². The molecular formula is C21H32O5. The van der Waals surface area contributed by atoms with Gasteiger partial charge in [0.05, 0.1) is 32.5 Å². The van der Waals surface area contributed by atoms with E-state index < -0.39 is 6.10 Å². The zero-order valence-electron chi connectivity index (χ0n) is 15.9. The molecule has 0 radical (unpaired) electrons. The van der Waals surface area contributed by atoms with Crippen molar-refractivity contribution in [3.8, 4) is 0 Å². The maximum Gasteiger partial charge on any atom is 0.340 e. The maximum absolute atomic E-state index is 12.5. The van der Waals surface area contributed by atoms with E-state index in [2.05, 4.69) is 13.2 Å². The summed E-state index contributed by atoms with van der Waals surface area (Å²) < 4.78 is 22.9. The quantitative estimate of drug-likeness (QED) is 0.334. The van der Waals surface area contributed by atoms with Gasteiger partial charge >= 0.3 is 5.97 Å². The third-order valence-electron chi connectivity index (χ3n) is 4.80. The summed E-state index contributed by atoms with van der Waals surface area (Å²) in [6.45, 7) is 11.1. The Morgan fingerprint density at radius 2 is 2.00 bits per heavy atom. The number of rotatable bonds is 10. The molecule has 0 aromatic heterocycles. The number of carbonyl (C=O) groups is 1. The number of carbonyl (C=O) groups excluding carboxylic acids is 1. The number of hydrogen-bond donors (Lipinski definition) is 0. The minimum atomic E-state index is -0.540. The first-order chi connectivity index (χ1) is 12.7. The standard InChI is InChI=1S/C21H32O5/c1-4-12-23-15-17-13-19(25-14-16-10-8-7-9-11-16)20(18(5-2)26-17)21(22)24-6-3/h4-5,16-18H,1-2,6-15H2,3H3/t17-,18+/m0/s1. The molecular weight excluding hydrogens is 332 g/mol. The largest absolute Gasteiger partial charge is 0.497 e. The van der Waals surface area contributed by atoms with Crippen LogP contribution in [0.25, 0.3) is 0 Å². The molecule has 0 aromatic rings. The second kappa shape index (κ2) is 11.2. The lowest BCUT2D eigenvalue weighted by atomic mass is 9.90. The van der Waals surface area contributed by atoms with Crippen LogP contribution in [0.3, 0.4) is 0 Å². The van der Waals surface area contributed by atoms with Gasteiger partial charge in [0.25, 0.3) is 0 Å². The summed E-state index contributed by atoms with van der Waals surface area (Å²) in [7, 11) is 0. The van der Waals surface area contributed by atoms with E-state index in [0.29, 0.717) is 50.1 Å². The Kier molecular flexibility index (Phi) is 8.92. The molecule has 1 saturated carbocycles. The van der Waals surface area contributed by atoms with Crippen molar-refractivity contribution in [1.82, 2.24) is 0 Å². The molecule has 2 aliphatic rings. The second-order valence-corrected chi connectivity index (χ2v) is 6.82. The van der Waals surface area contributed by atoms with E-state index in [4.69, 9.17) is 18.9 Å². The van der Waals surface area contributed by atoms with Crippen LogP contribution in [0.1, 0.15) is 45.4 Å². The average molecular weight is 364 g/mol. The van der Waals surface area contributed by atoms with Crippen molar-refractivity contribution in [1.29, 1.82) is 0 Å². The molecule has 5 nitrogen and oxygen atoms in total. The predicted molar refractivity (Wildman–Crippen MR) is 101 cm³/mol. The first-order valence-electron chi connectivity index (χ1n) is 9.69. The summed E-state index contributed by atoms with van der Waals surface area (Å²) in [5.74, 6) is 0.832. The summed E-state index contributed by atoms with van der Waals surface area (Å²) in [6, 6.07) is 0. The molecule has 0 amide bonds. The van der Waals surface area contributed by atoms with Gasteiger partial charge in [0.1, 0.15) is 17.4 Å². The van der Waals surface area contributed by atoms with Gasteiger partial charge in [0.15, 0.2) is 0 Å². The molecule has 0 unspecified atom stereocenters. The zero-order valence-corrected chi connectivity index (χ0v) is 15.9. The first-order valence-corrected chi connectivity index (χ1v) is 9.69. The van der Waals surface area contributed by atoms with Gasteiger partial charge in [0.2, 0.25) is 0 Å². The maximum atomic E-state index is 12.5. The molecule has 26 heavy (non-hydrogen) atoms. The van der Waals surface area contributed by atoms with Crippen molar-refractivity contribution in [2.45, 2.75) is 57.7 Å². The highest BCUT2D eigenvalue weighted by molar-refractivity contribution is 5.90. The Hall–Kier alpha value is -1.59. The van der Waals surface area contributed by atoms with Gasteiger partial charge in [-0.1, -0.05) is 31.4 Å². The van der Waals surface area contributed by atoms with E-state index in [1.807, 2.05) is 0 Å². The van der Waals surface area contributed by atoms with Gasteiger partial charge < -0.3 is 18.9 Å².